The molecule has 1 atom stereocenters. The van der Waals surface area contributed by atoms with Gasteiger partial charge in [-0.1, -0.05) is 46.4 Å². The van der Waals surface area contributed by atoms with Crippen LogP contribution in [0.2, 0.25) is 10.0 Å². The molecule has 0 aliphatic heterocycles. The third kappa shape index (κ3) is 6.70. The lowest BCUT2D eigenvalue weighted by molar-refractivity contribution is 0.0697. The quantitative estimate of drug-likeness (QED) is 0.382. The third-order valence-electron chi connectivity index (χ3n) is 3.14. The van der Waals surface area contributed by atoms with Crippen LogP contribution in [0.25, 0.3) is 0 Å². The number of benzene rings is 2. The predicted octanol–water partition coefficient (Wildman–Crippen LogP) is 5.85. The van der Waals surface area contributed by atoms with Gasteiger partial charge in [-0.25, -0.2) is 4.79 Å². The van der Waals surface area contributed by atoms with Gasteiger partial charge >= 0.3 is 5.97 Å². The molecule has 0 bridgehead atoms. The van der Waals surface area contributed by atoms with Crippen LogP contribution in [0.1, 0.15) is 10.4 Å². The number of halogens is 4. The molecule has 27 heavy (non-hydrogen) atoms. The molecule has 0 saturated heterocycles. The lowest BCUT2D eigenvalue weighted by atomic mass is 10.2. The van der Waals surface area contributed by atoms with E-state index in [0.717, 1.165) is 0 Å². The first-order valence-electron chi connectivity index (χ1n) is 7.56. The summed E-state index contributed by atoms with van der Waals surface area (Å²) in [7, 11) is 0. The van der Waals surface area contributed by atoms with E-state index in [1.165, 1.54) is 35.9 Å². The van der Waals surface area contributed by atoms with Gasteiger partial charge in [0.2, 0.25) is 0 Å². The Hall–Kier alpha value is -1.79. The molecule has 0 radical (unpaired) electrons. The second-order valence-electron chi connectivity index (χ2n) is 5.03. The summed E-state index contributed by atoms with van der Waals surface area (Å²) in [6, 6.07) is 9.07. The molecule has 2 rings (SSSR count). The van der Waals surface area contributed by atoms with E-state index in [0.29, 0.717) is 11.5 Å². The molecule has 0 aromatic heterocycles. The number of aromatic carboxylic acids is 1. The SMILES string of the molecule is O=C(O)c1ccc(OCCOc2c(Cl)cc(OC(Cl)C=CCl)cc2Cl)cc1. The maximum absolute atomic E-state index is 10.8. The van der Waals surface area contributed by atoms with E-state index in [1.54, 1.807) is 12.1 Å². The lowest BCUT2D eigenvalue weighted by Gasteiger charge is -2.14. The highest BCUT2D eigenvalue weighted by molar-refractivity contribution is 6.37. The Balaban J connectivity index is 1.89. The fourth-order valence-electron chi connectivity index (χ4n) is 1.97. The van der Waals surface area contributed by atoms with Gasteiger partial charge in [0.15, 0.2) is 11.3 Å². The van der Waals surface area contributed by atoms with Crippen molar-refractivity contribution in [3.63, 3.8) is 0 Å². The lowest BCUT2D eigenvalue weighted by Crippen LogP contribution is -2.10. The highest BCUT2D eigenvalue weighted by Crippen LogP contribution is 2.37. The van der Waals surface area contributed by atoms with Crippen LogP contribution >= 0.6 is 46.4 Å². The molecular formula is C18H14Cl4O5. The third-order valence-corrected chi connectivity index (χ3v) is 4.09. The van der Waals surface area contributed by atoms with Gasteiger partial charge in [0.05, 0.1) is 15.6 Å². The molecule has 0 aliphatic carbocycles. The standard InChI is InChI=1S/C18H14Cl4O5/c19-6-5-16(22)27-13-9-14(20)17(15(21)10-13)26-8-7-25-12-3-1-11(2-4-12)18(23)24/h1-6,9-10,16H,7-8H2,(H,23,24). The summed E-state index contributed by atoms with van der Waals surface area (Å²) in [5, 5.41) is 9.35. The van der Waals surface area contributed by atoms with E-state index in [9.17, 15) is 4.79 Å². The van der Waals surface area contributed by atoms with Crippen LogP contribution in [-0.2, 0) is 0 Å². The van der Waals surface area contributed by atoms with Crippen molar-refractivity contribution in [1.29, 1.82) is 0 Å². The predicted molar refractivity (Wildman–Crippen MR) is 106 cm³/mol. The summed E-state index contributed by atoms with van der Waals surface area (Å²) in [4.78, 5) is 10.8. The molecule has 1 unspecified atom stereocenters. The Morgan fingerprint density at radius 3 is 2.19 bits per heavy atom. The topological polar surface area (TPSA) is 65.0 Å². The fourth-order valence-corrected chi connectivity index (χ4v) is 2.92. The average molecular weight is 452 g/mol. The molecule has 0 heterocycles. The Labute approximate surface area is 175 Å². The number of hydrogen-bond acceptors (Lipinski definition) is 4. The molecule has 0 aliphatic rings. The number of carbonyl (C=O) groups is 1. The van der Waals surface area contributed by atoms with Crippen molar-refractivity contribution in [1.82, 2.24) is 0 Å². The van der Waals surface area contributed by atoms with E-state index in [-0.39, 0.29) is 34.6 Å². The first-order chi connectivity index (χ1) is 12.9. The van der Waals surface area contributed by atoms with Crippen LogP contribution in [0, 0.1) is 0 Å². The Bertz CT molecular complexity index is 785. The van der Waals surface area contributed by atoms with E-state index in [2.05, 4.69) is 0 Å². The molecule has 2 aromatic rings. The van der Waals surface area contributed by atoms with Crippen molar-refractivity contribution in [2.75, 3.05) is 13.2 Å². The van der Waals surface area contributed by atoms with E-state index in [1.807, 2.05) is 0 Å². The van der Waals surface area contributed by atoms with Gasteiger partial charge in [0.1, 0.15) is 24.7 Å². The van der Waals surface area contributed by atoms with Gasteiger partial charge < -0.3 is 19.3 Å². The van der Waals surface area contributed by atoms with Crippen LogP contribution in [0.4, 0.5) is 0 Å². The highest BCUT2D eigenvalue weighted by Gasteiger charge is 2.12. The number of rotatable bonds is 9. The second-order valence-corrected chi connectivity index (χ2v) is 6.53. The number of carboxylic acids is 1. The molecule has 0 fully saturated rings. The zero-order valence-electron chi connectivity index (χ0n) is 13.7. The van der Waals surface area contributed by atoms with Crippen molar-refractivity contribution >= 4 is 52.4 Å². The molecule has 1 N–H and O–H groups in total. The van der Waals surface area contributed by atoms with Crippen LogP contribution in [0.3, 0.4) is 0 Å². The summed E-state index contributed by atoms with van der Waals surface area (Å²) in [6.07, 6.45) is 1.44. The van der Waals surface area contributed by atoms with E-state index >= 15 is 0 Å². The molecule has 0 amide bonds. The fraction of sp³-hybridized carbons (Fsp3) is 0.167. The minimum absolute atomic E-state index is 0.174. The van der Waals surface area contributed by atoms with Gasteiger partial charge in [0.25, 0.3) is 0 Å². The first kappa shape index (κ1) is 21.5. The first-order valence-corrected chi connectivity index (χ1v) is 9.19. The van der Waals surface area contributed by atoms with Crippen molar-refractivity contribution in [3.8, 4) is 17.2 Å². The van der Waals surface area contributed by atoms with Gasteiger partial charge in [0, 0.05) is 17.7 Å². The van der Waals surface area contributed by atoms with Gasteiger partial charge in [-0.3, -0.25) is 0 Å². The summed E-state index contributed by atoms with van der Waals surface area (Å²) < 4.78 is 16.4. The molecule has 5 nitrogen and oxygen atoms in total. The molecule has 144 valence electrons. The summed E-state index contributed by atoms with van der Waals surface area (Å²) in [5.74, 6) is 0.169. The van der Waals surface area contributed by atoms with Crippen LogP contribution in [0.15, 0.2) is 48.0 Å². The minimum Gasteiger partial charge on any atom is -0.490 e. The smallest absolute Gasteiger partial charge is 0.335 e. The number of carboxylic acid groups (broad SMARTS) is 1. The van der Waals surface area contributed by atoms with Gasteiger partial charge in [-0.15, -0.1) is 0 Å². The minimum atomic E-state index is -0.999. The Morgan fingerprint density at radius 1 is 1.04 bits per heavy atom. The Kier molecular flexibility index (Phi) is 8.38. The molecule has 2 aromatic carbocycles. The zero-order chi connectivity index (χ0) is 19.8. The summed E-state index contributed by atoms with van der Waals surface area (Å²) in [6.45, 7) is 0.384. The van der Waals surface area contributed by atoms with Crippen LogP contribution < -0.4 is 14.2 Å². The molecular weight excluding hydrogens is 438 g/mol. The Morgan fingerprint density at radius 2 is 1.63 bits per heavy atom. The van der Waals surface area contributed by atoms with Crippen LogP contribution in [-0.4, -0.2) is 29.9 Å². The average Bonchev–Trinajstić information content (AvgIpc) is 2.61. The molecule has 9 heteroatoms. The van der Waals surface area contributed by atoms with Crippen molar-refractivity contribution in [3.05, 3.63) is 63.6 Å². The number of hydrogen-bond donors (Lipinski definition) is 1. The summed E-state index contributed by atoms with van der Waals surface area (Å²) >= 11 is 23.7. The van der Waals surface area contributed by atoms with Gasteiger partial charge in [-0.05, 0) is 30.3 Å². The zero-order valence-corrected chi connectivity index (χ0v) is 16.7. The normalized spacial score (nSPS) is 12.0. The largest absolute Gasteiger partial charge is 0.490 e. The highest BCUT2D eigenvalue weighted by atomic mass is 35.5. The molecule has 0 spiro atoms. The maximum Gasteiger partial charge on any atom is 0.335 e. The van der Waals surface area contributed by atoms with Crippen molar-refractivity contribution in [2.45, 2.75) is 5.56 Å². The number of alkyl halides is 1. The van der Waals surface area contributed by atoms with Crippen LogP contribution in [0.5, 0.6) is 17.2 Å². The summed E-state index contributed by atoms with van der Waals surface area (Å²) in [5.41, 5.74) is 0.663. The maximum atomic E-state index is 10.8. The monoisotopic (exact) mass is 450 g/mol. The molecule has 0 saturated carbocycles. The van der Waals surface area contributed by atoms with E-state index < -0.39 is 11.5 Å². The van der Waals surface area contributed by atoms with Gasteiger partial charge in [-0.2, -0.15) is 0 Å². The second kappa shape index (κ2) is 10.5. The van der Waals surface area contributed by atoms with Crippen molar-refractivity contribution < 1.29 is 24.1 Å². The van der Waals surface area contributed by atoms with E-state index in [4.69, 9.17) is 65.7 Å². The number of ether oxygens (including phenoxy) is 3. The van der Waals surface area contributed by atoms with Crippen molar-refractivity contribution in [2.24, 2.45) is 0 Å².